The first-order valence-electron chi connectivity index (χ1n) is 9.67. The second-order valence-electron chi connectivity index (χ2n) is 7.14. The Labute approximate surface area is 185 Å². The van der Waals surface area contributed by atoms with E-state index in [9.17, 15) is 8.42 Å². The van der Waals surface area contributed by atoms with E-state index in [1.54, 1.807) is 0 Å². The Kier molecular flexibility index (Phi) is 9.45. The zero-order valence-electron chi connectivity index (χ0n) is 16.4. The highest BCUT2D eigenvalue weighted by atomic mass is 127. The molecular weight excluding hydrogens is 491 g/mol. The molecule has 0 radical (unpaired) electrons. The number of halogens is 1. The standard InChI is InChI=1S/C19H30N4O3S.HI/c1-2-20-19(22-18-7-12-27(24,25)15-18)21-13-16-3-5-17(6-4-16)14-23-8-10-26-11-9-23;/h3-6,18H,2,7-15H2,1H3,(H2,20,21,22);1H. The third kappa shape index (κ3) is 7.49. The molecule has 1 aromatic rings. The van der Waals surface area contributed by atoms with E-state index < -0.39 is 9.84 Å². The SMILES string of the molecule is CCNC(=NCc1ccc(CN2CCOCC2)cc1)NC1CCS(=O)(=O)C1.I. The van der Waals surface area contributed by atoms with E-state index in [0.717, 1.165) is 45.0 Å². The molecule has 2 heterocycles. The highest BCUT2D eigenvalue weighted by Crippen LogP contribution is 2.12. The van der Waals surface area contributed by atoms with Gasteiger partial charge in [-0.15, -0.1) is 24.0 Å². The third-order valence-corrected chi connectivity index (χ3v) is 6.64. The van der Waals surface area contributed by atoms with Gasteiger partial charge in [-0.05, 0) is 24.5 Å². The molecule has 2 aliphatic heterocycles. The summed E-state index contributed by atoms with van der Waals surface area (Å²) >= 11 is 0. The van der Waals surface area contributed by atoms with Crippen molar-refractivity contribution in [3.63, 3.8) is 0 Å². The van der Waals surface area contributed by atoms with Crippen LogP contribution in [0.4, 0.5) is 0 Å². The highest BCUT2D eigenvalue weighted by molar-refractivity contribution is 14.0. The minimum Gasteiger partial charge on any atom is -0.379 e. The van der Waals surface area contributed by atoms with Crippen molar-refractivity contribution in [2.24, 2.45) is 4.99 Å². The van der Waals surface area contributed by atoms with Crippen LogP contribution in [0, 0.1) is 0 Å². The van der Waals surface area contributed by atoms with Crippen LogP contribution in [0.3, 0.4) is 0 Å². The predicted octanol–water partition coefficient (Wildman–Crippen LogP) is 1.38. The topological polar surface area (TPSA) is 83.0 Å². The molecule has 0 saturated carbocycles. The average Bonchev–Trinajstić information content (AvgIpc) is 3.00. The van der Waals surface area contributed by atoms with Gasteiger partial charge < -0.3 is 15.4 Å². The number of hydrogen-bond acceptors (Lipinski definition) is 5. The Morgan fingerprint density at radius 3 is 2.50 bits per heavy atom. The summed E-state index contributed by atoms with van der Waals surface area (Å²) in [4.78, 5) is 7.02. The van der Waals surface area contributed by atoms with Crippen molar-refractivity contribution in [2.45, 2.75) is 32.5 Å². The summed E-state index contributed by atoms with van der Waals surface area (Å²) in [6, 6.07) is 8.49. The maximum Gasteiger partial charge on any atom is 0.191 e. The van der Waals surface area contributed by atoms with Crippen molar-refractivity contribution in [3.8, 4) is 0 Å². The number of hydrogen-bond donors (Lipinski definition) is 2. The molecule has 0 bridgehead atoms. The molecule has 1 unspecified atom stereocenters. The molecular formula is C19H31IN4O3S. The van der Waals surface area contributed by atoms with Gasteiger partial charge in [0.1, 0.15) is 0 Å². The van der Waals surface area contributed by atoms with Gasteiger partial charge in [-0.25, -0.2) is 13.4 Å². The van der Waals surface area contributed by atoms with Crippen molar-refractivity contribution in [2.75, 3.05) is 44.4 Å². The molecule has 1 atom stereocenters. The zero-order valence-corrected chi connectivity index (χ0v) is 19.5. The lowest BCUT2D eigenvalue weighted by Crippen LogP contribution is -2.44. The Bertz CT molecular complexity index is 734. The Morgan fingerprint density at radius 2 is 1.89 bits per heavy atom. The van der Waals surface area contributed by atoms with Gasteiger partial charge in [0.25, 0.3) is 0 Å². The summed E-state index contributed by atoms with van der Waals surface area (Å²) in [6.07, 6.45) is 0.642. The van der Waals surface area contributed by atoms with Crippen LogP contribution in [0.15, 0.2) is 29.3 Å². The minimum atomic E-state index is -2.90. The summed E-state index contributed by atoms with van der Waals surface area (Å²) in [5, 5.41) is 6.45. The van der Waals surface area contributed by atoms with Gasteiger partial charge in [0.15, 0.2) is 15.8 Å². The van der Waals surface area contributed by atoms with E-state index in [4.69, 9.17) is 4.74 Å². The van der Waals surface area contributed by atoms with Crippen LogP contribution < -0.4 is 10.6 Å². The number of guanidine groups is 1. The number of sulfone groups is 1. The van der Waals surface area contributed by atoms with E-state index in [0.29, 0.717) is 18.9 Å². The van der Waals surface area contributed by atoms with Crippen LogP contribution in [0.1, 0.15) is 24.5 Å². The van der Waals surface area contributed by atoms with Crippen molar-refractivity contribution >= 4 is 39.8 Å². The van der Waals surface area contributed by atoms with Gasteiger partial charge in [-0.3, -0.25) is 4.90 Å². The minimum absolute atomic E-state index is 0. The van der Waals surface area contributed by atoms with Gasteiger partial charge >= 0.3 is 0 Å². The average molecular weight is 522 g/mol. The second-order valence-corrected chi connectivity index (χ2v) is 9.37. The molecule has 9 heteroatoms. The van der Waals surface area contributed by atoms with Crippen LogP contribution >= 0.6 is 24.0 Å². The van der Waals surface area contributed by atoms with Crippen LogP contribution in [-0.4, -0.2) is 69.7 Å². The smallest absolute Gasteiger partial charge is 0.191 e. The summed E-state index contributed by atoms with van der Waals surface area (Å²) in [6.45, 7) is 7.86. The molecule has 2 aliphatic rings. The third-order valence-electron chi connectivity index (χ3n) is 4.87. The molecule has 0 aliphatic carbocycles. The van der Waals surface area contributed by atoms with Gasteiger partial charge in [0.05, 0.1) is 31.3 Å². The molecule has 0 amide bonds. The molecule has 3 rings (SSSR count). The molecule has 0 spiro atoms. The predicted molar refractivity (Wildman–Crippen MR) is 123 cm³/mol. The Balaban J connectivity index is 0.00000280. The quantitative estimate of drug-likeness (QED) is 0.334. The number of rotatable bonds is 6. The number of benzene rings is 1. The van der Waals surface area contributed by atoms with E-state index in [2.05, 4.69) is 44.8 Å². The number of ether oxygens (including phenoxy) is 1. The number of nitrogens with zero attached hydrogens (tertiary/aromatic N) is 2. The summed E-state index contributed by atoms with van der Waals surface area (Å²) in [5.41, 5.74) is 2.43. The van der Waals surface area contributed by atoms with E-state index in [-0.39, 0.29) is 41.5 Å². The maximum atomic E-state index is 11.6. The van der Waals surface area contributed by atoms with Crippen LogP contribution in [0.2, 0.25) is 0 Å². The first kappa shape index (κ1) is 23.4. The van der Waals surface area contributed by atoms with E-state index >= 15 is 0 Å². The van der Waals surface area contributed by atoms with E-state index in [1.165, 1.54) is 5.56 Å². The molecule has 1 aromatic carbocycles. The molecule has 2 N–H and O–H groups in total. The van der Waals surface area contributed by atoms with Crippen molar-refractivity contribution in [1.82, 2.24) is 15.5 Å². The van der Waals surface area contributed by atoms with Gasteiger partial charge in [-0.2, -0.15) is 0 Å². The lowest BCUT2D eigenvalue weighted by Gasteiger charge is -2.26. The fraction of sp³-hybridized carbons (Fsp3) is 0.632. The first-order chi connectivity index (χ1) is 13.0. The molecule has 7 nitrogen and oxygen atoms in total. The molecule has 2 saturated heterocycles. The van der Waals surface area contributed by atoms with Gasteiger partial charge in [0, 0.05) is 32.2 Å². The molecule has 158 valence electrons. The van der Waals surface area contributed by atoms with Crippen LogP contribution in [0.25, 0.3) is 0 Å². The summed E-state index contributed by atoms with van der Waals surface area (Å²) in [7, 11) is -2.90. The lowest BCUT2D eigenvalue weighted by molar-refractivity contribution is 0.0342. The number of nitrogens with one attached hydrogen (secondary N) is 2. The fourth-order valence-electron chi connectivity index (χ4n) is 3.36. The van der Waals surface area contributed by atoms with Gasteiger partial charge in [-0.1, -0.05) is 24.3 Å². The van der Waals surface area contributed by atoms with Crippen molar-refractivity contribution < 1.29 is 13.2 Å². The van der Waals surface area contributed by atoms with Crippen LogP contribution in [0.5, 0.6) is 0 Å². The molecule has 0 aromatic heterocycles. The fourth-order valence-corrected chi connectivity index (χ4v) is 5.03. The first-order valence-corrected chi connectivity index (χ1v) is 11.5. The Hall–Kier alpha value is -0.910. The zero-order chi connectivity index (χ0) is 19.1. The highest BCUT2D eigenvalue weighted by Gasteiger charge is 2.28. The van der Waals surface area contributed by atoms with Crippen molar-refractivity contribution in [3.05, 3.63) is 35.4 Å². The van der Waals surface area contributed by atoms with E-state index in [1.807, 2.05) is 6.92 Å². The van der Waals surface area contributed by atoms with Crippen molar-refractivity contribution in [1.29, 1.82) is 0 Å². The summed E-state index contributed by atoms with van der Waals surface area (Å²) < 4.78 is 28.6. The Morgan fingerprint density at radius 1 is 1.21 bits per heavy atom. The maximum absolute atomic E-state index is 11.6. The summed E-state index contributed by atoms with van der Waals surface area (Å²) in [5.74, 6) is 1.12. The largest absolute Gasteiger partial charge is 0.379 e. The van der Waals surface area contributed by atoms with Crippen LogP contribution in [-0.2, 0) is 27.7 Å². The number of aliphatic imine (C=N–C) groups is 1. The molecule has 2 fully saturated rings. The lowest BCUT2D eigenvalue weighted by atomic mass is 10.1. The van der Waals surface area contributed by atoms with Gasteiger partial charge in [0.2, 0.25) is 0 Å². The monoisotopic (exact) mass is 522 g/mol. The normalized spacial score (nSPS) is 22.5. The number of morpholine rings is 1. The second kappa shape index (κ2) is 11.3. The molecule has 28 heavy (non-hydrogen) atoms.